The Hall–Kier alpha value is -0.900. The molecule has 1 nitrogen and oxygen atoms in total. The number of hydrogen-bond donors (Lipinski definition) is 0. The average molecular weight is 246 g/mol. The minimum atomic E-state index is 0.735. The minimum absolute atomic E-state index is 0.735. The lowest BCUT2D eigenvalue weighted by atomic mass is 10.1. The summed E-state index contributed by atoms with van der Waals surface area (Å²) in [5.41, 5.74) is 3.21. The van der Waals surface area contributed by atoms with Gasteiger partial charge in [-0.2, -0.15) is 0 Å². The lowest BCUT2D eigenvalue weighted by Crippen LogP contribution is -1.87. The molecule has 2 unspecified atom stereocenters. The second kappa shape index (κ2) is 3.84. The van der Waals surface area contributed by atoms with Crippen LogP contribution in [0.1, 0.15) is 5.56 Å². The van der Waals surface area contributed by atoms with Crippen LogP contribution in [-0.2, 0) is 0 Å². The average Bonchev–Trinajstić information content (AvgIpc) is 2.64. The molecule has 0 aliphatic carbocycles. The Bertz CT molecular complexity index is 670. The fourth-order valence-electron chi connectivity index (χ4n) is 1.97. The largest absolute Gasteiger partial charge is 0.456 e. The third-order valence-electron chi connectivity index (χ3n) is 2.80. The molecule has 0 saturated carbocycles. The SMILES string of the molecule is Cc1ccc2c(c1)oc1cc(PP)ccc12. The molecule has 0 amide bonds. The van der Waals surface area contributed by atoms with Crippen molar-refractivity contribution in [3.05, 3.63) is 42.0 Å². The van der Waals surface area contributed by atoms with Gasteiger partial charge in [0.2, 0.25) is 0 Å². The molecule has 2 aromatic carbocycles. The van der Waals surface area contributed by atoms with E-state index in [0.29, 0.717) is 0 Å². The van der Waals surface area contributed by atoms with E-state index in [4.69, 9.17) is 4.42 Å². The van der Waals surface area contributed by atoms with E-state index in [-0.39, 0.29) is 0 Å². The van der Waals surface area contributed by atoms with Crippen LogP contribution in [0, 0.1) is 6.92 Å². The highest BCUT2D eigenvalue weighted by Gasteiger charge is 2.06. The number of benzene rings is 2. The smallest absolute Gasteiger partial charge is 0.136 e. The van der Waals surface area contributed by atoms with Gasteiger partial charge in [0.05, 0.1) is 0 Å². The maximum absolute atomic E-state index is 5.87. The first-order valence-corrected chi connectivity index (χ1v) is 7.98. The van der Waals surface area contributed by atoms with E-state index in [1.807, 2.05) is 0 Å². The van der Waals surface area contributed by atoms with Crippen LogP contribution in [0.4, 0.5) is 0 Å². The van der Waals surface area contributed by atoms with Gasteiger partial charge >= 0.3 is 0 Å². The summed E-state index contributed by atoms with van der Waals surface area (Å²) in [6.45, 7) is 2.09. The summed E-state index contributed by atoms with van der Waals surface area (Å²) in [5.74, 6) is 0. The van der Waals surface area contributed by atoms with Crippen LogP contribution in [0.3, 0.4) is 0 Å². The van der Waals surface area contributed by atoms with E-state index < -0.39 is 0 Å². The van der Waals surface area contributed by atoms with Crippen LogP contribution in [-0.4, -0.2) is 0 Å². The molecule has 3 rings (SSSR count). The fraction of sp³-hybridized carbons (Fsp3) is 0.0769. The molecule has 0 N–H and O–H groups in total. The van der Waals surface area contributed by atoms with Crippen LogP contribution in [0.2, 0.25) is 0 Å². The minimum Gasteiger partial charge on any atom is -0.456 e. The predicted octanol–water partition coefficient (Wildman–Crippen LogP) is 3.99. The summed E-state index contributed by atoms with van der Waals surface area (Å²) in [4.78, 5) is 0. The van der Waals surface area contributed by atoms with Crippen molar-refractivity contribution in [3.8, 4) is 0 Å². The number of rotatable bonds is 1. The third-order valence-corrected chi connectivity index (χ3v) is 4.44. The van der Waals surface area contributed by atoms with E-state index in [0.717, 1.165) is 19.4 Å². The molecule has 0 bridgehead atoms. The molecule has 0 saturated heterocycles. The molecule has 16 heavy (non-hydrogen) atoms. The van der Waals surface area contributed by atoms with Crippen LogP contribution < -0.4 is 5.30 Å². The lowest BCUT2D eigenvalue weighted by molar-refractivity contribution is 0.669. The Morgan fingerprint density at radius 1 is 1.00 bits per heavy atom. The maximum atomic E-state index is 5.87. The van der Waals surface area contributed by atoms with Crippen LogP contribution in [0.25, 0.3) is 21.9 Å². The molecule has 2 atom stereocenters. The molecule has 0 aliphatic rings. The molecule has 3 aromatic rings. The highest BCUT2D eigenvalue weighted by Crippen LogP contribution is 2.30. The molecular weight excluding hydrogens is 234 g/mol. The topological polar surface area (TPSA) is 13.1 Å². The number of fused-ring (bicyclic) bond motifs is 3. The predicted molar refractivity (Wildman–Crippen MR) is 76.1 cm³/mol. The summed E-state index contributed by atoms with van der Waals surface area (Å²) in [7, 11) is 3.50. The molecule has 0 aliphatic heterocycles. The van der Waals surface area contributed by atoms with Crippen molar-refractivity contribution in [3.63, 3.8) is 0 Å². The van der Waals surface area contributed by atoms with Gasteiger partial charge in [0.15, 0.2) is 0 Å². The Kier molecular flexibility index (Phi) is 2.46. The third kappa shape index (κ3) is 1.56. The standard InChI is InChI=1S/C13H12OP2/c1-8-2-4-10-11-5-3-9(16-15)7-13(11)14-12(10)6-8/h2-7,16H,15H2,1H3. The number of hydrogen-bond acceptors (Lipinski definition) is 1. The highest BCUT2D eigenvalue weighted by atomic mass is 32.0. The van der Waals surface area contributed by atoms with Gasteiger partial charge in [-0.1, -0.05) is 26.5 Å². The van der Waals surface area contributed by atoms with E-state index in [1.54, 1.807) is 0 Å². The van der Waals surface area contributed by atoms with Crippen molar-refractivity contribution < 1.29 is 4.42 Å². The molecule has 80 valence electrons. The quantitative estimate of drug-likeness (QED) is 0.592. The van der Waals surface area contributed by atoms with Crippen molar-refractivity contribution in [2.45, 2.75) is 6.92 Å². The first kappa shape index (κ1) is 10.3. The summed E-state index contributed by atoms with van der Waals surface area (Å²) < 4.78 is 5.87. The Labute approximate surface area is 98.1 Å². The maximum Gasteiger partial charge on any atom is 0.136 e. The molecule has 1 aromatic heterocycles. The van der Waals surface area contributed by atoms with E-state index in [2.05, 4.69) is 52.3 Å². The van der Waals surface area contributed by atoms with Gasteiger partial charge in [0.25, 0.3) is 0 Å². The summed E-state index contributed by atoms with van der Waals surface area (Å²) in [6, 6.07) is 12.8. The summed E-state index contributed by atoms with van der Waals surface area (Å²) >= 11 is 0. The van der Waals surface area contributed by atoms with Crippen LogP contribution in [0.5, 0.6) is 0 Å². The van der Waals surface area contributed by atoms with Crippen LogP contribution >= 0.6 is 17.2 Å². The Morgan fingerprint density at radius 3 is 2.44 bits per heavy atom. The molecular formula is C13H12OP2. The second-order valence-corrected chi connectivity index (χ2v) is 5.69. The van der Waals surface area contributed by atoms with Gasteiger partial charge in [-0.15, -0.1) is 8.93 Å². The Balaban J connectivity index is 2.40. The molecule has 0 spiro atoms. The summed E-state index contributed by atoms with van der Waals surface area (Å²) in [5, 5.41) is 3.73. The van der Waals surface area contributed by atoms with Crippen molar-refractivity contribution >= 4 is 44.4 Å². The van der Waals surface area contributed by atoms with Gasteiger partial charge < -0.3 is 4.42 Å². The highest BCUT2D eigenvalue weighted by molar-refractivity contribution is 8.06. The van der Waals surface area contributed by atoms with Crippen molar-refractivity contribution in [1.82, 2.24) is 0 Å². The molecule has 0 radical (unpaired) electrons. The molecule has 0 fully saturated rings. The van der Waals surface area contributed by atoms with E-state index in [1.165, 1.54) is 21.6 Å². The molecule has 3 heteroatoms. The summed E-state index contributed by atoms with van der Waals surface area (Å²) in [6.07, 6.45) is 0. The van der Waals surface area contributed by atoms with Gasteiger partial charge in [0, 0.05) is 10.8 Å². The number of furan rings is 1. The van der Waals surface area contributed by atoms with Gasteiger partial charge in [-0.3, -0.25) is 0 Å². The molecule has 1 heterocycles. The van der Waals surface area contributed by atoms with Crippen molar-refractivity contribution in [2.75, 3.05) is 0 Å². The van der Waals surface area contributed by atoms with Crippen LogP contribution in [0.15, 0.2) is 40.8 Å². The zero-order valence-corrected chi connectivity index (χ0v) is 11.1. The zero-order chi connectivity index (χ0) is 11.1. The fourth-order valence-corrected chi connectivity index (χ4v) is 2.91. The van der Waals surface area contributed by atoms with Gasteiger partial charge in [-0.25, -0.2) is 0 Å². The Morgan fingerprint density at radius 2 is 1.69 bits per heavy atom. The van der Waals surface area contributed by atoms with Crippen molar-refractivity contribution in [1.29, 1.82) is 0 Å². The normalized spacial score (nSPS) is 12.1. The second-order valence-electron chi connectivity index (χ2n) is 3.96. The van der Waals surface area contributed by atoms with E-state index in [9.17, 15) is 0 Å². The first-order chi connectivity index (χ1) is 7.78. The van der Waals surface area contributed by atoms with Gasteiger partial charge in [0.1, 0.15) is 11.2 Å². The monoisotopic (exact) mass is 246 g/mol. The lowest BCUT2D eigenvalue weighted by Gasteiger charge is -1.94. The number of aryl methyl sites for hydroxylation is 1. The van der Waals surface area contributed by atoms with Crippen molar-refractivity contribution in [2.24, 2.45) is 0 Å². The first-order valence-electron chi connectivity index (χ1n) is 5.17. The zero-order valence-electron chi connectivity index (χ0n) is 8.95. The van der Waals surface area contributed by atoms with E-state index >= 15 is 0 Å². The van der Waals surface area contributed by atoms with Gasteiger partial charge in [-0.05, 0) is 36.0 Å².